The fourth-order valence-corrected chi connectivity index (χ4v) is 2.27. The number of carbonyl (C=O) groups is 2. The van der Waals surface area contributed by atoms with Crippen molar-refractivity contribution in [1.29, 1.82) is 0 Å². The number of nitrogens with one attached hydrogen (secondary N) is 1. The molecule has 0 radical (unpaired) electrons. The van der Waals surface area contributed by atoms with Crippen LogP contribution in [-0.4, -0.2) is 25.1 Å². The number of carbonyl (C=O) groups excluding carboxylic acids is 2. The lowest BCUT2D eigenvalue weighted by Crippen LogP contribution is -2.31. The Balaban J connectivity index is 1.79. The molecule has 138 valence electrons. The fourth-order valence-electron chi connectivity index (χ4n) is 2.27. The Hall–Kier alpha value is -2.82. The highest BCUT2D eigenvalue weighted by Crippen LogP contribution is 2.14. The van der Waals surface area contributed by atoms with Crippen LogP contribution in [-0.2, 0) is 9.53 Å². The van der Waals surface area contributed by atoms with Gasteiger partial charge in [0.05, 0.1) is 18.2 Å². The third kappa shape index (κ3) is 6.24. The van der Waals surface area contributed by atoms with E-state index < -0.39 is 5.97 Å². The van der Waals surface area contributed by atoms with Gasteiger partial charge in [-0.15, -0.1) is 0 Å². The molecule has 2 rings (SSSR count). The average molecular weight is 355 g/mol. The van der Waals surface area contributed by atoms with Gasteiger partial charge in [0, 0.05) is 0 Å². The van der Waals surface area contributed by atoms with Crippen LogP contribution in [0.5, 0.6) is 5.75 Å². The van der Waals surface area contributed by atoms with Gasteiger partial charge in [-0.1, -0.05) is 44.2 Å². The van der Waals surface area contributed by atoms with Crippen LogP contribution in [0.1, 0.15) is 42.7 Å². The molecule has 0 saturated heterocycles. The molecular formula is C21H25NO4. The average Bonchev–Trinajstić information content (AvgIpc) is 2.65. The van der Waals surface area contributed by atoms with Gasteiger partial charge in [0.1, 0.15) is 5.75 Å². The van der Waals surface area contributed by atoms with Gasteiger partial charge < -0.3 is 14.8 Å². The van der Waals surface area contributed by atoms with Crippen molar-refractivity contribution in [2.45, 2.75) is 26.8 Å². The summed E-state index contributed by atoms with van der Waals surface area (Å²) in [5, 5.41) is 2.80. The minimum atomic E-state index is -0.539. The summed E-state index contributed by atoms with van der Waals surface area (Å²) in [6.07, 6.45) is 0. The van der Waals surface area contributed by atoms with E-state index in [0.29, 0.717) is 23.8 Å². The first-order chi connectivity index (χ1) is 12.5. The monoisotopic (exact) mass is 355 g/mol. The normalized spacial score (nSPS) is 11.7. The molecule has 0 bridgehead atoms. The van der Waals surface area contributed by atoms with E-state index in [1.54, 1.807) is 24.3 Å². The molecule has 0 fully saturated rings. The zero-order valence-electron chi connectivity index (χ0n) is 15.4. The zero-order valence-corrected chi connectivity index (χ0v) is 15.4. The molecule has 1 N–H and O–H groups in total. The molecule has 0 aromatic heterocycles. The van der Waals surface area contributed by atoms with Crippen molar-refractivity contribution >= 4 is 11.9 Å². The van der Waals surface area contributed by atoms with E-state index in [2.05, 4.69) is 19.2 Å². The van der Waals surface area contributed by atoms with E-state index in [9.17, 15) is 9.59 Å². The van der Waals surface area contributed by atoms with Crippen LogP contribution in [0.2, 0.25) is 0 Å². The quantitative estimate of drug-likeness (QED) is 0.733. The third-order valence-electron chi connectivity index (χ3n) is 3.68. The summed E-state index contributed by atoms with van der Waals surface area (Å²) in [5.41, 5.74) is 1.37. The van der Waals surface area contributed by atoms with Crippen LogP contribution in [0.25, 0.3) is 0 Å². The van der Waals surface area contributed by atoms with E-state index in [-0.39, 0.29) is 18.6 Å². The minimum absolute atomic E-state index is 0.153. The summed E-state index contributed by atoms with van der Waals surface area (Å²) < 4.78 is 10.6. The highest BCUT2D eigenvalue weighted by Gasteiger charge is 2.13. The molecule has 1 amide bonds. The summed E-state index contributed by atoms with van der Waals surface area (Å²) in [6, 6.07) is 16.1. The summed E-state index contributed by atoms with van der Waals surface area (Å²) >= 11 is 0. The fraction of sp³-hybridized carbons (Fsp3) is 0.333. The van der Waals surface area contributed by atoms with Crippen LogP contribution in [0.4, 0.5) is 0 Å². The van der Waals surface area contributed by atoms with Gasteiger partial charge in [0.25, 0.3) is 5.91 Å². The zero-order chi connectivity index (χ0) is 18.9. The first-order valence-electron chi connectivity index (χ1n) is 8.70. The molecule has 5 heteroatoms. The van der Waals surface area contributed by atoms with Crippen molar-refractivity contribution < 1.29 is 19.1 Å². The largest absolute Gasteiger partial charge is 0.493 e. The minimum Gasteiger partial charge on any atom is -0.493 e. The molecule has 2 aromatic rings. The van der Waals surface area contributed by atoms with E-state index >= 15 is 0 Å². The molecule has 0 spiro atoms. The molecule has 0 aliphatic heterocycles. The Morgan fingerprint density at radius 2 is 1.62 bits per heavy atom. The molecular weight excluding hydrogens is 330 g/mol. The number of amides is 1. The number of benzene rings is 2. The molecule has 5 nitrogen and oxygen atoms in total. The Labute approximate surface area is 154 Å². The molecule has 0 heterocycles. The van der Waals surface area contributed by atoms with Crippen LogP contribution in [0.3, 0.4) is 0 Å². The first-order valence-corrected chi connectivity index (χ1v) is 8.70. The number of ether oxygens (including phenoxy) is 2. The maximum Gasteiger partial charge on any atom is 0.338 e. The highest BCUT2D eigenvalue weighted by molar-refractivity contribution is 5.91. The lowest BCUT2D eigenvalue weighted by molar-refractivity contribution is -0.124. The first kappa shape index (κ1) is 19.5. The van der Waals surface area contributed by atoms with Gasteiger partial charge in [-0.2, -0.15) is 0 Å². The lowest BCUT2D eigenvalue weighted by atomic mass is 10.1. The van der Waals surface area contributed by atoms with E-state index in [1.807, 2.05) is 37.3 Å². The van der Waals surface area contributed by atoms with Crippen LogP contribution in [0, 0.1) is 5.92 Å². The highest BCUT2D eigenvalue weighted by atomic mass is 16.5. The van der Waals surface area contributed by atoms with Crippen molar-refractivity contribution in [2.75, 3.05) is 13.2 Å². The van der Waals surface area contributed by atoms with Crippen LogP contribution in [0.15, 0.2) is 54.6 Å². The maximum atomic E-state index is 12.0. The van der Waals surface area contributed by atoms with Crippen molar-refractivity contribution in [3.05, 3.63) is 65.7 Å². The lowest BCUT2D eigenvalue weighted by Gasteiger charge is -2.14. The van der Waals surface area contributed by atoms with Crippen molar-refractivity contribution in [1.82, 2.24) is 5.32 Å². The molecule has 0 aliphatic rings. The van der Waals surface area contributed by atoms with Gasteiger partial charge in [-0.25, -0.2) is 4.79 Å². The Morgan fingerprint density at radius 1 is 0.962 bits per heavy atom. The summed E-state index contributed by atoms with van der Waals surface area (Å²) in [7, 11) is 0. The Kier molecular flexibility index (Phi) is 7.21. The number of esters is 1. The predicted molar refractivity (Wildman–Crippen MR) is 100 cm³/mol. The molecule has 1 atom stereocenters. The number of hydrogen-bond acceptors (Lipinski definition) is 4. The van der Waals surface area contributed by atoms with Crippen molar-refractivity contribution in [3.8, 4) is 5.75 Å². The van der Waals surface area contributed by atoms with Crippen molar-refractivity contribution in [3.63, 3.8) is 0 Å². The maximum absolute atomic E-state index is 12.0. The van der Waals surface area contributed by atoms with E-state index in [0.717, 1.165) is 5.56 Å². The van der Waals surface area contributed by atoms with Crippen LogP contribution >= 0.6 is 0 Å². The van der Waals surface area contributed by atoms with Crippen molar-refractivity contribution in [2.24, 2.45) is 5.92 Å². The second-order valence-electron chi connectivity index (χ2n) is 6.51. The van der Waals surface area contributed by atoms with E-state index in [1.165, 1.54) is 0 Å². The Morgan fingerprint density at radius 3 is 2.23 bits per heavy atom. The predicted octanol–water partition coefficient (Wildman–Crippen LogP) is 3.76. The van der Waals surface area contributed by atoms with E-state index in [4.69, 9.17) is 9.47 Å². The second-order valence-corrected chi connectivity index (χ2v) is 6.51. The topological polar surface area (TPSA) is 64.6 Å². The summed E-state index contributed by atoms with van der Waals surface area (Å²) in [5.74, 6) is 0.246. The number of hydrogen-bond donors (Lipinski definition) is 1. The van der Waals surface area contributed by atoms with Gasteiger partial charge in [0.2, 0.25) is 0 Å². The standard InChI is InChI=1S/C21H25NO4/c1-15(2)13-25-19-11-9-18(10-12-19)21(24)26-14-20(23)22-16(3)17-7-5-4-6-8-17/h4-12,15-16H,13-14H2,1-3H3,(H,22,23)/t16-/m1/s1. The SMILES string of the molecule is CC(C)COc1ccc(C(=O)OCC(=O)N[C@H](C)c2ccccc2)cc1. The molecule has 0 saturated carbocycles. The Bertz CT molecular complexity index is 711. The van der Waals surface area contributed by atoms with Gasteiger partial charge in [-0.3, -0.25) is 4.79 Å². The van der Waals surface area contributed by atoms with Crippen LogP contribution < -0.4 is 10.1 Å². The van der Waals surface area contributed by atoms with Gasteiger partial charge in [0.15, 0.2) is 6.61 Å². The second kappa shape index (κ2) is 9.61. The smallest absolute Gasteiger partial charge is 0.338 e. The molecule has 0 aliphatic carbocycles. The van der Waals surface area contributed by atoms with Gasteiger partial charge in [-0.05, 0) is 42.7 Å². The third-order valence-corrected chi connectivity index (χ3v) is 3.68. The molecule has 2 aromatic carbocycles. The molecule has 26 heavy (non-hydrogen) atoms. The summed E-state index contributed by atoms with van der Waals surface area (Å²) in [6.45, 7) is 6.31. The molecule has 0 unspecified atom stereocenters. The van der Waals surface area contributed by atoms with Gasteiger partial charge >= 0.3 is 5.97 Å². The number of rotatable bonds is 8. The summed E-state index contributed by atoms with van der Waals surface area (Å²) in [4.78, 5) is 24.0.